The van der Waals surface area contributed by atoms with Crippen molar-refractivity contribution < 1.29 is 4.79 Å². The highest BCUT2D eigenvalue weighted by atomic mass is 16.1. The Hall–Kier alpha value is -3.21. The van der Waals surface area contributed by atoms with Gasteiger partial charge in [0.1, 0.15) is 11.6 Å². The molecule has 8 nitrogen and oxygen atoms in total. The summed E-state index contributed by atoms with van der Waals surface area (Å²) < 4.78 is 3.59. The van der Waals surface area contributed by atoms with Crippen LogP contribution in [0, 0.1) is 25.2 Å². The molecule has 4 rings (SSSR count). The van der Waals surface area contributed by atoms with Gasteiger partial charge in [0.2, 0.25) is 5.91 Å². The summed E-state index contributed by atoms with van der Waals surface area (Å²) in [5.41, 5.74) is 6.13. The van der Waals surface area contributed by atoms with Crippen molar-refractivity contribution in [3.63, 3.8) is 0 Å². The Morgan fingerprint density at radius 2 is 2.18 bits per heavy atom. The van der Waals surface area contributed by atoms with Crippen molar-refractivity contribution in [2.75, 3.05) is 0 Å². The summed E-state index contributed by atoms with van der Waals surface area (Å²) in [6.07, 6.45) is 7.37. The Morgan fingerprint density at radius 3 is 2.96 bits per heavy atom. The van der Waals surface area contributed by atoms with Crippen molar-refractivity contribution >= 4 is 11.6 Å². The molecule has 8 heteroatoms. The number of rotatable bonds is 4. The number of carbonyl (C=O) groups excluding carboxylic acids is 1. The van der Waals surface area contributed by atoms with E-state index >= 15 is 0 Å². The molecular weight excluding hydrogens is 354 g/mol. The molecule has 0 radical (unpaired) electrons. The number of aryl methyl sites for hydroxylation is 3. The Bertz CT molecular complexity index is 1100. The van der Waals surface area contributed by atoms with Crippen LogP contribution < -0.4 is 5.32 Å². The van der Waals surface area contributed by atoms with Gasteiger partial charge in [0.15, 0.2) is 5.65 Å². The lowest BCUT2D eigenvalue weighted by Crippen LogP contribution is -2.31. The number of nitrogens with zero attached hydrogens (tertiary/aromatic N) is 6. The fourth-order valence-electron chi connectivity index (χ4n) is 4.11. The number of hydrogen-bond acceptors (Lipinski definition) is 5. The van der Waals surface area contributed by atoms with E-state index in [0.717, 1.165) is 41.8 Å². The Morgan fingerprint density at radius 1 is 1.36 bits per heavy atom. The third-order valence-electron chi connectivity index (χ3n) is 5.64. The molecule has 1 unspecified atom stereocenters. The molecular formula is C20H23N7O. The van der Waals surface area contributed by atoms with Gasteiger partial charge in [0.25, 0.3) is 0 Å². The highest BCUT2D eigenvalue weighted by Gasteiger charge is 2.25. The van der Waals surface area contributed by atoms with Crippen molar-refractivity contribution in [3.05, 3.63) is 46.2 Å². The van der Waals surface area contributed by atoms with Gasteiger partial charge in [-0.2, -0.15) is 15.5 Å². The molecule has 0 saturated carbocycles. The van der Waals surface area contributed by atoms with Gasteiger partial charge in [-0.3, -0.25) is 9.48 Å². The first-order valence-electron chi connectivity index (χ1n) is 9.53. The molecule has 0 bridgehead atoms. The van der Waals surface area contributed by atoms with Gasteiger partial charge in [0, 0.05) is 36.1 Å². The molecule has 0 spiro atoms. The molecule has 28 heavy (non-hydrogen) atoms. The minimum atomic E-state index is 0.0266. The zero-order valence-corrected chi connectivity index (χ0v) is 16.4. The summed E-state index contributed by atoms with van der Waals surface area (Å²) in [5, 5.41) is 20.9. The van der Waals surface area contributed by atoms with Crippen LogP contribution in [0.15, 0.2) is 12.4 Å². The van der Waals surface area contributed by atoms with Crippen molar-refractivity contribution in [3.8, 4) is 6.07 Å². The Balaban J connectivity index is 1.48. The minimum Gasteiger partial charge on any atom is -0.349 e. The summed E-state index contributed by atoms with van der Waals surface area (Å²) in [6.45, 7) is 3.86. The fraction of sp³-hybridized carbons (Fsp3) is 0.450. The van der Waals surface area contributed by atoms with E-state index in [4.69, 9.17) is 0 Å². The number of amides is 1. The minimum absolute atomic E-state index is 0.0266. The van der Waals surface area contributed by atoms with Gasteiger partial charge < -0.3 is 5.32 Å². The summed E-state index contributed by atoms with van der Waals surface area (Å²) in [6, 6.07) is 2.15. The van der Waals surface area contributed by atoms with E-state index in [1.807, 2.05) is 31.8 Å². The summed E-state index contributed by atoms with van der Waals surface area (Å²) in [4.78, 5) is 17.1. The lowest BCUT2D eigenvalue weighted by molar-refractivity contribution is -0.121. The maximum absolute atomic E-state index is 12.6. The lowest BCUT2D eigenvalue weighted by Gasteiger charge is -2.24. The predicted molar refractivity (Wildman–Crippen MR) is 103 cm³/mol. The molecule has 0 aliphatic heterocycles. The van der Waals surface area contributed by atoms with E-state index in [1.54, 1.807) is 4.52 Å². The zero-order valence-electron chi connectivity index (χ0n) is 16.4. The van der Waals surface area contributed by atoms with E-state index in [0.29, 0.717) is 24.1 Å². The maximum atomic E-state index is 12.6. The van der Waals surface area contributed by atoms with Gasteiger partial charge in [-0.25, -0.2) is 9.50 Å². The molecule has 0 aromatic carbocycles. The van der Waals surface area contributed by atoms with Crippen LogP contribution in [0.1, 0.15) is 59.1 Å². The van der Waals surface area contributed by atoms with Crippen LogP contribution in [0.25, 0.3) is 5.65 Å². The molecule has 1 amide bonds. The first kappa shape index (κ1) is 18.2. The van der Waals surface area contributed by atoms with Crippen LogP contribution in [0.5, 0.6) is 0 Å². The molecule has 0 saturated heterocycles. The first-order valence-corrected chi connectivity index (χ1v) is 9.53. The van der Waals surface area contributed by atoms with E-state index in [2.05, 4.69) is 26.6 Å². The van der Waals surface area contributed by atoms with E-state index < -0.39 is 0 Å². The molecule has 1 N–H and O–H groups in total. The normalized spacial score (nSPS) is 16.0. The molecule has 3 heterocycles. The average Bonchev–Trinajstić information content (AvgIpc) is 3.26. The standard InChI is InChI=1S/C20H23N7O/c1-12-15(13(2)27-20(24-12)14(9-21)10-23-27)7-8-19(28)25-17-5-4-6-18-16(17)11-22-26(18)3/h10-11,17H,4-8H2,1-3H3,(H,25,28). The van der Waals surface area contributed by atoms with Crippen molar-refractivity contribution in [1.82, 2.24) is 29.7 Å². The molecule has 1 aliphatic carbocycles. The van der Waals surface area contributed by atoms with Crippen molar-refractivity contribution in [1.29, 1.82) is 5.26 Å². The van der Waals surface area contributed by atoms with Gasteiger partial charge >= 0.3 is 0 Å². The third kappa shape index (κ3) is 3.03. The molecule has 144 valence electrons. The zero-order chi connectivity index (χ0) is 19.8. The summed E-state index contributed by atoms with van der Waals surface area (Å²) >= 11 is 0. The van der Waals surface area contributed by atoms with Crippen molar-refractivity contribution in [2.24, 2.45) is 7.05 Å². The number of carbonyl (C=O) groups is 1. The first-order chi connectivity index (χ1) is 13.5. The topological polar surface area (TPSA) is 101 Å². The fourth-order valence-corrected chi connectivity index (χ4v) is 4.11. The highest BCUT2D eigenvalue weighted by molar-refractivity contribution is 5.77. The molecule has 3 aromatic rings. The van der Waals surface area contributed by atoms with Crippen molar-refractivity contribution in [2.45, 2.75) is 52.0 Å². The second kappa shape index (κ2) is 7.08. The van der Waals surface area contributed by atoms with Crippen LogP contribution in [-0.2, 0) is 24.7 Å². The largest absolute Gasteiger partial charge is 0.349 e. The summed E-state index contributed by atoms with van der Waals surface area (Å²) in [7, 11) is 1.95. The average molecular weight is 377 g/mol. The smallest absolute Gasteiger partial charge is 0.220 e. The number of fused-ring (bicyclic) bond motifs is 2. The lowest BCUT2D eigenvalue weighted by atomic mass is 9.93. The van der Waals surface area contributed by atoms with E-state index in [9.17, 15) is 10.1 Å². The van der Waals surface area contributed by atoms with Crippen LogP contribution in [0.3, 0.4) is 0 Å². The monoisotopic (exact) mass is 377 g/mol. The number of hydrogen-bond donors (Lipinski definition) is 1. The van der Waals surface area contributed by atoms with Crippen LogP contribution in [-0.4, -0.2) is 30.3 Å². The number of nitriles is 1. The second-order valence-corrected chi connectivity index (χ2v) is 7.35. The van der Waals surface area contributed by atoms with E-state index in [-0.39, 0.29) is 11.9 Å². The molecule has 1 atom stereocenters. The van der Waals surface area contributed by atoms with Crippen LogP contribution >= 0.6 is 0 Å². The highest BCUT2D eigenvalue weighted by Crippen LogP contribution is 2.29. The quantitative estimate of drug-likeness (QED) is 0.750. The van der Waals surface area contributed by atoms with Gasteiger partial charge in [0.05, 0.1) is 18.4 Å². The second-order valence-electron chi connectivity index (χ2n) is 7.35. The molecule has 0 fully saturated rings. The number of nitrogens with one attached hydrogen (secondary N) is 1. The summed E-state index contributed by atoms with van der Waals surface area (Å²) in [5.74, 6) is 0.0266. The maximum Gasteiger partial charge on any atom is 0.220 e. The molecule has 1 aliphatic rings. The predicted octanol–water partition coefficient (Wildman–Crippen LogP) is 2.08. The SMILES string of the molecule is Cc1nc2c(C#N)cnn2c(C)c1CCC(=O)NC1CCCc2c1cnn2C. The third-order valence-corrected chi connectivity index (χ3v) is 5.64. The van der Waals surface area contributed by atoms with Crippen LogP contribution in [0.2, 0.25) is 0 Å². The van der Waals surface area contributed by atoms with Crippen LogP contribution in [0.4, 0.5) is 0 Å². The van der Waals surface area contributed by atoms with Gasteiger partial charge in [-0.1, -0.05) is 0 Å². The van der Waals surface area contributed by atoms with E-state index in [1.165, 1.54) is 11.9 Å². The van der Waals surface area contributed by atoms with Gasteiger partial charge in [-0.15, -0.1) is 0 Å². The Labute approximate surface area is 163 Å². The molecule has 3 aromatic heterocycles. The van der Waals surface area contributed by atoms with Gasteiger partial charge in [-0.05, 0) is 45.1 Å². The Kier molecular flexibility index (Phi) is 4.59. The number of aromatic nitrogens is 5.